The first-order chi connectivity index (χ1) is 17.8. The fourth-order valence-corrected chi connectivity index (χ4v) is 4.39. The maximum absolute atomic E-state index is 11.8. The van der Waals surface area contributed by atoms with E-state index in [4.69, 9.17) is 0 Å². The zero-order chi connectivity index (χ0) is 26.0. The normalized spacial score (nSPS) is 21.3. The molecule has 2 unspecified atom stereocenters. The van der Waals surface area contributed by atoms with E-state index >= 15 is 0 Å². The number of aryl methyl sites for hydroxylation is 2. The first-order valence-corrected chi connectivity index (χ1v) is 11.9. The molecule has 0 aliphatic heterocycles. The molecule has 188 valence electrons. The number of nitrogens with zero attached hydrogens (tertiary/aromatic N) is 7. The van der Waals surface area contributed by atoms with E-state index in [0.29, 0.717) is 0 Å². The Bertz CT molecular complexity index is 1450. The smallest absolute Gasteiger partial charge is 0.365 e. The van der Waals surface area contributed by atoms with Gasteiger partial charge in [-0.25, -0.2) is 13.8 Å². The summed E-state index contributed by atoms with van der Waals surface area (Å²) in [6.07, 6.45) is 13.0. The lowest BCUT2D eigenvalue weighted by atomic mass is 9.79. The minimum atomic E-state index is -1.40. The highest BCUT2D eigenvalue weighted by Gasteiger charge is 2.50. The Labute approximate surface area is 215 Å². The molecule has 0 radical (unpaired) electrons. The molecule has 37 heavy (non-hydrogen) atoms. The van der Waals surface area contributed by atoms with Gasteiger partial charge in [-0.05, 0) is 68.0 Å². The van der Waals surface area contributed by atoms with Crippen molar-refractivity contribution in [2.75, 3.05) is 10.6 Å². The maximum Gasteiger partial charge on any atom is 0.421 e. The van der Waals surface area contributed by atoms with Crippen LogP contribution in [-0.2, 0) is 19.6 Å². The lowest BCUT2D eigenvalue weighted by Gasteiger charge is -2.46. The van der Waals surface area contributed by atoms with E-state index in [1.54, 1.807) is 17.1 Å². The standard InChI is InChI=1S/C27H29N9O/c1-20-6-5-15-26(2,36-17-16-28-33-36)27(20,37)30-23-11-7-21(8-12-23)29-22-9-13-24(14-10-22)31-32-25-34(3)18-19-35(25)4/h5-19,37H,1-4H3,(H,30,31)/p+1. The van der Waals surface area contributed by atoms with Gasteiger partial charge in [-0.2, -0.15) is 0 Å². The highest BCUT2D eigenvalue weighted by atomic mass is 16.3. The van der Waals surface area contributed by atoms with Gasteiger partial charge in [-0.1, -0.05) is 28.6 Å². The number of hydrogen-bond acceptors (Lipinski definition) is 7. The number of aliphatic hydroxyl groups is 1. The summed E-state index contributed by atoms with van der Waals surface area (Å²) in [6.45, 7) is 3.81. The lowest BCUT2D eigenvalue weighted by molar-refractivity contribution is -0.657. The van der Waals surface area contributed by atoms with Crippen molar-refractivity contribution in [3.63, 3.8) is 0 Å². The van der Waals surface area contributed by atoms with E-state index in [1.165, 1.54) is 0 Å². The molecule has 5 rings (SSSR count). The number of nitrogens with one attached hydrogen (secondary N) is 2. The molecule has 2 aromatic heterocycles. The molecule has 0 saturated carbocycles. The Kier molecular flexibility index (Phi) is 6.18. The summed E-state index contributed by atoms with van der Waals surface area (Å²) >= 11 is 0. The van der Waals surface area contributed by atoms with E-state index in [-0.39, 0.29) is 0 Å². The van der Waals surface area contributed by atoms with Gasteiger partial charge in [0.25, 0.3) is 0 Å². The van der Waals surface area contributed by atoms with E-state index in [1.807, 2.05) is 116 Å². The highest BCUT2D eigenvalue weighted by molar-refractivity contribution is 5.64. The predicted octanol–water partition coefficient (Wildman–Crippen LogP) is 4.63. The van der Waals surface area contributed by atoms with Gasteiger partial charge in [0.1, 0.15) is 11.2 Å². The van der Waals surface area contributed by atoms with Crippen molar-refractivity contribution in [2.45, 2.75) is 25.1 Å². The summed E-state index contributed by atoms with van der Waals surface area (Å²) in [5, 5.41) is 35.2. The molecule has 3 N–H and O–H groups in total. The lowest BCUT2D eigenvalue weighted by Crippen LogP contribution is -2.59. The van der Waals surface area contributed by atoms with Crippen LogP contribution in [0.3, 0.4) is 0 Å². The van der Waals surface area contributed by atoms with Crippen LogP contribution in [0, 0.1) is 0 Å². The summed E-state index contributed by atoms with van der Waals surface area (Å²) in [6, 6.07) is 15.5. The van der Waals surface area contributed by atoms with Crippen LogP contribution in [0.4, 0.5) is 28.7 Å². The molecule has 0 spiro atoms. The van der Waals surface area contributed by atoms with Crippen molar-refractivity contribution in [1.82, 2.24) is 19.6 Å². The van der Waals surface area contributed by atoms with Gasteiger partial charge in [0.15, 0.2) is 5.72 Å². The topological polar surface area (TPSA) is 109 Å². The minimum Gasteiger partial charge on any atom is -0.365 e. The molecule has 10 nitrogen and oxygen atoms in total. The summed E-state index contributed by atoms with van der Waals surface area (Å²) in [5.74, 6) is 0.761. The van der Waals surface area contributed by atoms with E-state index < -0.39 is 11.3 Å². The fraction of sp³-hybridized carbons (Fsp3) is 0.222. The average Bonchev–Trinajstić information content (AvgIpc) is 3.54. The van der Waals surface area contributed by atoms with E-state index in [0.717, 1.165) is 34.3 Å². The van der Waals surface area contributed by atoms with Crippen molar-refractivity contribution in [3.05, 3.63) is 97.1 Å². The summed E-state index contributed by atoms with van der Waals surface area (Å²) in [7, 11) is 3.87. The van der Waals surface area contributed by atoms with Crippen LogP contribution in [0.2, 0.25) is 0 Å². The van der Waals surface area contributed by atoms with Crippen LogP contribution in [0.25, 0.3) is 0 Å². The van der Waals surface area contributed by atoms with Crippen molar-refractivity contribution in [2.24, 2.45) is 24.3 Å². The third-order valence-corrected chi connectivity index (χ3v) is 6.73. The summed E-state index contributed by atoms with van der Waals surface area (Å²) in [4.78, 5) is 0. The minimum absolute atomic E-state index is 0.761. The van der Waals surface area contributed by atoms with Crippen molar-refractivity contribution < 1.29 is 9.67 Å². The van der Waals surface area contributed by atoms with Gasteiger partial charge in [0.2, 0.25) is 0 Å². The number of rotatable bonds is 7. The molecule has 2 aromatic carbocycles. The van der Waals surface area contributed by atoms with Crippen molar-refractivity contribution in [1.29, 1.82) is 0 Å². The zero-order valence-electron chi connectivity index (χ0n) is 21.2. The third-order valence-electron chi connectivity index (χ3n) is 6.73. The number of anilines is 3. The molecule has 0 bridgehead atoms. The molecule has 1 aliphatic rings. The van der Waals surface area contributed by atoms with Gasteiger partial charge in [0, 0.05) is 28.4 Å². The quantitative estimate of drug-likeness (QED) is 0.196. The highest BCUT2D eigenvalue weighted by Crippen LogP contribution is 2.40. The Hall–Kier alpha value is -4.57. The van der Waals surface area contributed by atoms with Gasteiger partial charge >= 0.3 is 5.95 Å². The van der Waals surface area contributed by atoms with Crippen LogP contribution in [0.5, 0.6) is 0 Å². The largest absolute Gasteiger partial charge is 0.421 e. The molecule has 1 aliphatic carbocycles. The number of hydrogen-bond donors (Lipinski definition) is 3. The van der Waals surface area contributed by atoms with Crippen molar-refractivity contribution in [3.8, 4) is 0 Å². The number of benzene rings is 2. The number of azo groups is 1. The molecule has 4 aromatic rings. The Balaban J connectivity index is 1.28. The van der Waals surface area contributed by atoms with Crippen LogP contribution in [-0.4, -0.2) is 30.4 Å². The van der Waals surface area contributed by atoms with Crippen LogP contribution >= 0.6 is 0 Å². The molecule has 2 heterocycles. The third kappa shape index (κ3) is 4.54. The number of imidazole rings is 1. The van der Waals surface area contributed by atoms with Crippen LogP contribution in [0.15, 0.2) is 107 Å². The molecule has 0 amide bonds. The molecule has 10 heteroatoms. The van der Waals surface area contributed by atoms with Gasteiger partial charge in [-0.3, -0.25) is 0 Å². The fourth-order valence-electron chi connectivity index (χ4n) is 4.39. The van der Waals surface area contributed by atoms with Gasteiger partial charge in [-0.15, -0.1) is 5.10 Å². The van der Waals surface area contributed by atoms with Gasteiger partial charge < -0.3 is 15.7 Å². The predicted molar refractivity (Wildman–Crippen MR) is 142 cm³/mol. The molecule has 0 saturated heterocycles. The Morgan fingerprint density at radius 1 is 0.973 bits per heavy atom. The Morgan fingerprint density at radius 2 is 1.65 bits per heavy atom. The molecule has 2 atom stereocenters. The second kappa shape index (κ2) is 9.47. The SMILES string of the molecule is CC1=CC=CC(C)(n2ccnn2)C1(O)Nc1ccc(Nc2ccc(N=Nc3n(C)cc[n+]3C)cc2)cc1. The second-order valence-corrected chi connectivity index (χ2v) is 9.31. The van der Waals surface area contributed by atoms with E-state index in [2.05, 4.69) is 31.2 Å². The summed E-state index contributed by atoms with van der Waals surface area (Å²) in [5.41, 5.74) is 1.89. The number of allylic oxidation sites excluding steroid dienone is 2. The first kappa shape index (κ1) is 24.1. The molecule has 0 fully saturated rings. The zero-order valence-corrected chi connectivity index (χ0v) is 21.2. The first-order valence-electron chi connectivity index (χ1n) is 11.9. The monoisotopic (exact) mass is 496 g/mol. The van der Waals surface area contributed by atoms with Crippen LogP contribution in [0.1, 0.15) is 13.8 Å². The molecular weight excluding hydrogens is 466 g/mol. The van der Waals surface area contributed by atoms with E-state index in [9.17, 15) is 5.11 Å². The maximum atomic E-state index is 11.8. The molecular formula is C27H30N9O+. The average molecular weight is 497 g/mol. The Morgan fingerprint density at radius 3 is 2.27 bits per heavy atom. The van der Waals surface area contributed by atoms with Crippen LogP contribution < -0.4 is 15.2 Å². The second-order valence-electron chi connectivity index (χ2n) is 9.31. The number of aromatic nitrogens is 5. The van der Waals surface area contributed by atoms with Gasteiger partial charge in [0.05, 0.1) is 32.7 Å². The summed E-state index contributed by atoms with van der Waals surface area (Å²) < 4.78 is 5.48. The van der Waals surface area contributed by atoms with Crippen molar-refractivity contribution >= 4 is 28.7 Å².